The summed E-state index contributed by atoms with van der Waals surface area (Å²) < 4.78 is 29.5. The summed E-state index contributed by atoms with van der Waals surface area (Å²) in [6.45, 7) is 2.88. The first-order valence-electron chi connectivity index (χ1n) is 4.05. The number of rotatable bonds is 6. The van der Waals surface area contributed by atoms with Gasteiger partial charge in [0.1, 0.15) is 0 Å². The molecular formula is C7H14N2O5S. The largest absolute Gasteiger partial charge is 0.452 e. The van der Waals surface area contributed by atoms with E-state index >= 15 is 0 Å². The van der Waals surface area contributed by atoms with Gasteiger partial charge >= 0.3 is 16.3 Å². The van der Waals surface area contributed by atoms with Gasteiger partial charge in [-0.15, -0.1) is 6.58 Å². The van der Waals surface area contributed by atoms with Gasteiger partial charge in [-0.1, -0.05) is 6.08 Å². The molecule has 0 fully saturated rings. The number of nitrogens with one attached hydrogen (secondary N) is 1. The molecule has 0 aliphatic rings. The maximum Gasteiger partial charge on any atom is 0.421 e. The molecule has 0 bridgehead atoms. The van der Waals surface area contributed by atoms with Crippen molar-refractivity contribution in [2.45, 2.75) is 0 Å². The molecule has 0 radical (unpaired) electrons. The van der Waals surface area contributed by atoms with Gasteiger partial charge in [-0.05, 0) is 0 Å². The van der Waals surface area contributed by atoms with E-state index in [0.29, 0.717) is 0 Å². The second kappa shape index (κ2) is 6.38. The number of hydrogen-bond acceptors (Lipinski definition) is 5. The Bertz CT molecular complexity index is 313. The Hall–Kier alpha value is -1.12. The van der Waals surface area contributed by atoms with Crippen LogP contribution in [0.2, 0.25) is 0 Å². The summed E-state index contributed by atoms with van der Waals surface area (Å²) in [5.41, 5.74) is 0. The van der Waals surface area contributed by atoms with Gasteiger partial charge in [0.25, 0.3) is 0 Å². The molecule has 0 aliphatic heterocycles. The van der Waals surface area contributed by atoms with Crippen LogP contribution in [0.15, 0.2) is 12.7 Å². The Balaban J connectivity index is 4.62. The summed E-state index contributed by atoms with van der Waals surface area (Å²) in [5.74, 6) is 0. The predicted octanol–water partition coefficient (Wildman–Crippen LogP) is -0.933. The van der Waals surface area contributed by atoms with E-state index in [4.69, 9.17) is 5.11 Å². The van der Waals surface area contributed by atoms with Gasteiger partial charge < -0.3 is 9.84 Å². The van der Waals surface area contributed by atoms with Crippen LogP contribution < -0.4 is 4.72 Å². The lowest BCUT2D eigenvalue weighted by atomic mass is 10.6. The van der Waals surface area contributed by atoms with Crippen LogP contribution in [0, 0.1) is 0 Å². The fourth-order valence-electron chi connectivity index (χ4n) is 0.777. The molecule has 7 nitrogen and oxygen atoms in total. The number of carbonyl (C=O) groups excluding carboxylic acids is 1. The van der Waals surface area contributed by atoms with Crippen LogP contribution in [-0.4, -0.2) is 50.7 Å². The molecule has 0 heterocycles. The first-order chi connectivity index (χ1) is 6.97. The zero-order valence-electron chi connectivity index (χ0n) is 8.34. The average Bonchev–Trinajstić information content (AvgIpc) is 2.16. The average molecular weight is 238 g/mol. The molecule has 0 unspecified atom stereocenters. The summed E-state index contributed by atoms with van der Waals surface area (Å²) in [5, 5.41) is 8.63. The first-order valence-corrected chi connectivity index (χ1v) is 5.49. The third kappa shape index (κ3) is 4.77. The Kier molecular flexibility index (Phi) is 5.90. The number of amides is 1. The minimum Gasteiger partial charge on any atom is -0.452 e. The highest BCUT2D eigenvalue weighted by atomic mass is 32.2. The molecule has 0 saturated heterocycles. The molecular weight excluding hydrogens is 224 g/mol. The normalized spacial score (nSPS) is 11.1. The lowest BCUT2D eigenvalue weighted by Crippen LogP contribution is -2.44. The van der Waals surface area contributed by atoms with Crippen molar-refractivity contribution in [3.63, 3.8) is 0 Å². The van der Waals surface area contributed by atoms with Crippen molar-refractivity contribution in [2.24, 2.45) is 0 Å². The van der Waals surface area contributed by atoms with E-state index in [1.54, 1.807) is 4.72 Å². The number of aliphatic hydroxyl groups excluding tert-OH is 1. The standard InChI is InChI=1S/C7H14N2O5S/c1-3-4-9(5-6-10)15(12,13)8-7(11)14-2/h3,10H,1,4-6H2,2H3,(H,8,11). The molecule has 2 N–H and O–H groups in total. The van der Waals surface area contributed by atoms with Crippen molar-refractivity contribution >= 4 is 16.3 Å². The smallest absolute Gasteiger partial charge is 0.421 e. The first kappa shape index (κ1) is 13.9. The van der Waals surface area contributed by atoms with E-state index in [0.717, 1.165) is 11.4 Å². The maximum absolute atomic E-state index is 11.4. The van der Waals surface area contributed by atoms with Gasteiger partial charge in [0, 0.05) is 13.1 Å². The molecule has 0 aromatic heterocycles. The zero-order valence-corrected chi connectivity index (χ0v) is 9.16. The molecule has 0 atom stereocenters. The Morgan fingerprint density at radius 1 is 1.67 bits per heavy atom. The minimum atomic E-state index is -3.98. The highest BCUT2D eigenvalue weighted by molar-refractivity contribution is 7.87. The van der Waals surface area contributed by atoms with E-state index in [1.807, 2.05) is 0 Å². The lowest BCUT2D eigenvalue weighted by molar-refractivity contribution is 0.176. The summed E-state index contributed by atoms with van der Waals surface area (Å²) in [6, 6.07) is 0. The van der Waals surface area contributed by atoms with E-state index < -0.39 is 16.3 Å². The van der Waals surface area contributed by atoms with Crippen molar-refractivity contribution in [1.29, 1.82) is 0 Å². The Morgan fingerprint density at radius 2 is 2.27 bits per heavy atom. The van der Waals surface area contributed by atoms with Crippen molar-refractivity contribution in [3.8, 4) is 0 Å². The van der Waals surface area contributed by atoms with Crippen LogP contribution in [0.5, 0.6) is 0 Å². The van der Waals surface area contributed by atoms with E-state index in [-0.39, 0.29) is 19.7 Å². The number of nitrogens with zero attached hydrogens (tertiary/aromatic N) is 1. The van der Waals surface area contributed by atoms with Crippen LogP contribution in [0.4, 0.5) is 4.79 Å². The quantitative estimate of drug-likeness (QED) is 0.583. The number of methoxy groups -OCH3 is 1. The van der Waals surface area contributed by atoms with Crippen molar-refractivity contribution in [2.75, 3.05) is 26.8 Å². The number of hydrogen-bond donors (Lipinski definition) is 2. The summed E-state index contributed by atoms with van der Waals surface area (Å²) in [6.07, 6.45) is 0.258. The van der Waals surface area contributed by atoms with Crippen LogP contribution in [0.3, 0.4) is 0 Å². The SMILES string of the molecule is C=CCN(CCO)S(=O)(=O)NC(=O)OC. The third-order valence-electron chi connectivity index (χ3n) is 1.42. The number of carbonyl (C=O) groups is 1. The van der Waals surface area contributed by atoms with Crippen LogP contribution in [0.25, 0.3) is 0 Å². The number of ether oxygens (including phenoxy) is 1. The minimum absolute atomic E-state index is 0.00706. The van der Waals surface area contributed by atoms with Crippen LogP contribution in [-0.2, 0) is 14.9 Å². The fourth-order valence-corrected chi connectivity index (χ4v) is 1.82. The van der Waals surface area contributed by atoms with Crippen LogP contribution >= 0.6 is 0 Å². The molecule has 0 aromatic rings. The van der Waals surface area contributed by atoms with E-state index in [9.17, 15) is 13.2 Å². The second-order valence-electron chi connectivity index (χ2n) is 2.47. The zero-order chi connectivity index (χ0) is 11.9. The fraction of sp³-hybridized carbons (Fsp3) is 0.571. The molecule has 0 aliphatic carbocycles. The summed E-state index contributed by atoms with van der Waals surface area (Å²) in [7, 11) is -2.93. The monoisotopic (exact) mass is 238 g/mol. The van der Waals surface area contributed by atoms with Crippen molar-refractivity contribution in [3.05, 3.63) is 12.7 Å². The predicted molar refractivity (Wildman–Crippen MR) is 53.3 cm³/mol. The summed E-state index contributed by atoms with van der Waals surface area (Å²) in [4.78, 5) is 10.7. The molecule has 8 heteroatoms. The van der Waals surface area contributed by atoms with Gasteiger partial charge in [0.15, 0.2) is 0 Å². The molecule has 0 saturated carbocycles. The second-order valence-corrected chi connectivity index (χ2v) is 4.14. The molecule has 0 spiro atoms. The molecule has 88 valence electrons. The molecule has 1 amide bonds. The molecule has 0 rings (SSSR count). The maximum atomic E-state index is 11.4. The number of aliphatic hydroxyl groups is 1. The lowest BCUT2D eigenvalue weighted by Gasteiger charge is -2.18. The van der Waals surface area contributed by atoms with Gasteiger partial charge in [-0.25, -0.2) is 9.52 Å². The van der Waals surface area contributed by atoms with Gasteiger partial charge in [0.05, 0.1) is 13.7 Å². The summed E-state index contributed by atoms with van der Waals surface area (Å²) >= 11 is 0. The van der Waals surface area contributed by atoms with Crippen molar-refractivity contribution < 1.29 is 23.1 Å². The van der Waals surface area contributed by atoms with Gasteiger partial charge in [0.2, 0.25) is 0 Å². The van der Waals surface area contributed by atoms with Gasteiger partial charge in [-0.3, -0.25) is 0 Å². The molecule has 0 aromatic carbocycles. The topological polar surface area (TPSA) is 95.9 Å². The van der Waals surface area contributed by atoms with E-state index in [1.165, 1.54) is 6.08 Å². The third-order valence-corrected chi connectivity index (χ3v) is 2.86. The highest BCUT2D eigenvalue weighted by Gasteiger charge is 2.22. The Morgan fingerprint density at radius 3 is 2.67 bits per heavy atom. The van der Waals surface area contributed by atoms with Gasteiger partial charge in [-0.2, -0.15) is 12.7 Å². The molecule has 15 heavy (non-hydrogen) atoms. The van der Waals surface area contributed by atoms with E-state index in [2.05, 4.69) is 11.3 Å². The Labute approximate surface area is 88.5 Å². The van der Waals surface area contributed by atoms with Crippen molar-refractivity contribution in [1.82, 2.24) is 9.03 Å². The van der Waals surface area contributed by atoms with Crippen LogP contribution in [0.1, 0.15) is 0 Å². The highest BCUT2D eigenvalue weighted by Crippen LogP contribution is 1.97.